The number of thioether (sulfide) groups is 1. The van der Waals surface area contributed by atoms with Crippen molar-refractivity contribution in [3.05, 3.63) is 60.2 Å². The van der Waals surface area contributed by atoms with E-state index in [-0.39, 0.29) is 17.7 Å². The minimum atomic E-state index is -0.290. The van der Waals surface area contributed by atoms with Gasteiger partial charge in [0, 0.05) is 17.9 Å². The zero-order chi connectivity index (χ0) is 20.1. The Morgan fingerprint density at radius 1 is 1.03 bits per heavy atom. The van der Waals surface area contributed by atoms with Crippen molar-refractivity contribution in [1.82, 2.24) is 14.8 Å². The highest BCUT2D eigenvalue weighted by Crippen LogP contribution is 2.27. The summed E-state index contributed by atoms with van der Waals surface area (Å²) in [6.45, 7) is 1.88. The Morgan fingerprint density at radius 3 is 2.45 bits per heavy atom. The van der Waals surface area contributed by atoms with Gasteiger partial charge in [-0.15, -0.1) is 10.2 Å². The molecular formula is C21H21F2N3O2S. The molecule has 1 aliphatic heterocycles. The summed E-state index contributed by atoms with van der Waals surface area (Å²) in [4.78, 5) is 0. The summed E-state index contributed by atoms with van der Waals surface area (Å²) in [5.74, 6) is 1.40. The second-order valence-corrected chi connectivity index (χ2v) is 7.77. The maximum atomic E-state index is 13.3. The lowest BCUT2D eigenvalue weighted by Crippen LogP contribution is -2.17. The highest BCUT2D eigenvalue weighted by Gasteiger charge is 2.21. The van der Waals surface area contributed by atoms with Gasteiger partial charge in [-0.25, -0.2) is 8.78 Å². The van der Waals surface area contributed by atoms with Crippen molar-refractivity contribution >= 4 is 11.8 Å². The number of aromatic nitrogens is 3. The number of rotatable bonds is 8. The van der Waals surface area contributed by atoms with Crippen molar-refractivity contribution in [2.45, 2.75) is 30.6 Å². The van der Waals surface area contributed by atoms with E-state index in [2.05, 4.69) is 10.2 Å². The first-order chi connectivity index (χ1) is 14.2. The van der Waals surface area contributed by atoms with Crippen LogP contribution in [0.3, 0.4) is 0 Å². The topological polar surface area (TPSA) is 49.2 Å². The Bertz CT molecular complexity index is 926. The van der Waals surface area contributed by atoms with Gasteiger partial charge in [0.1, 0.15) is 17.4 Å². The summed E-state index contributed by atoms with van der Waals surface area (Å²) in [7, 11) is 0. The first-order valence-corrected chi connectivity index (χ1v) is 10.5. The first kappa shape index (κ1) is 19.8. The average Bonchev–Trinajstić information content (AvgIpc) is 3.38. The lowest BCUT2D eigenvalue weighted by Gasteiger charge is -2.15. The third kappa shape index (κ3) is 5.13. The summed E-state index contributed by atoms with van der Waals surface area (Å²) in [5.41, 5.74) is 0.811. The highest BCUT2D eigenvalue weighted by molar-refractivity contribution is 7.99. The molecule has 3 aromatic rings. The van der Waals surface area contributed by atoms with Gasteiger partial charge in [-0.3, -0.25) is 4.57 Å². The summed E-state index contributed by atoms with van der Waals surface area (Å²) in [6.07, 6.45) is 2.17. The van der Waals surface area contributed by atoms with E-state index in [0.29, 0.717) is 30.5 Å². The Kier molecular flexibility index (Phi) is 6.41. The minimum absolute atomic E-state index is 0.125. The van der Waals surface area contributed by atoms with Gasteiger partial charge in [-0.1, -0.05) is 11.8 Å². The zero-order valence-corrected chi connectivity index (χ0v) is 16.6. The second-order valence-electron chi connectivity index (χ2n) is 6.71. The monoisotopic (exact) mass is 417 g/mol. The van der Waals surface area contributed by atoms with Crippen molar-refractivity contribution in [3.8, 4) is 17.1 Å². The summed E-state index contributed by atoms with van der Waals surface area (Å²) in [6, 6.07) is 12.2. The molecule has 1 fully saturated rings. The van der Waals surface area contributed by atoms with Crippen LogP contribution in [-0.4, -0.2) is 39.8 Å². The molecule has 1 unspecified atom stereocenters. The summed E-state index contributed by atoms with van der Waals surface area (Å²) in [5, 5.41) is 9.44. The number of ether oxygens (including phenoxy) is 2. The predicted molar refractivity (Wildman–Crippen MR) is 107 cm³/mol. The first-order valence-electron chi connectivity index (χ1n) is 9.51. The standard InChI is InChI=1S/C21H21F2N3O2S/c22-16-5-3-15(4-6-16)20-24-25-21(26(20)14-19-2-1-11-27-19)29-13-12-28-18-9-7-17(23)8-10-18/h3-10,19H,1-2,11-14H2. The molecule has 1 aliphatic rings. The highest BCUT2D eigenvalue weighted by atomic mass is 32.2. The van der Waals surface area contributed by atoms with E-state index in [0.717, 1.165) is 30.2 Å². The molecule has 0 N–H and O–H groups in total. The molecule has 1 saturated heterocycles. The lowest BCUT2D eigenvalue weighted by molar-refractivity contribution is 0.0953. The molecule has 2 aromatic carbocycles. The largest absolute Gasteiger partial charge is 0.493 e. The van der Waals surface area contributed by atoms with Gasteiger partial charge in [0.05, 0.1) is 19.3 Å². The maximum absolute atomic E-state index is 13.3. The van der Waals surface area contributed by atoms with Crippen LogP contribution >= 0.6 is 11.8 Å². The van der Waals surface area contributed by atoms with E-state index in [4.69, 9.17) is 9.47 Å². The number of nitrogens with zero attached hydrogens (tertiary/aromatic N) is 3. The van der Waals surface area contributed by atoms with E-state index in [1.807, 2.05) is 4.57 Å². The van der Waals surface area contributed by atoms with Crippen molar-refractivity contribution in [3.63, 3.8) is 0 Å². The number of hydrogen-bond acceptors (Lipinski definition) is 5. The fraction of sp³-hybridized carbons (Fsp3) is 0.333. The van der Waals surface area contributed by atoms with Crippen LogP contribution in [0.4, 0.5) is 8.78 Å². The molecule has 4 rings (SSSR count). The maximum Gasteiger partial charge on any atom is 0.191 e. The normalized spacial score (nSPS) is 16.3. The molecule has 1 aromatic heterocycles. The summed E-state index contributed by atoms with van der Waals surface area (Å²) < 4.78 is 39.7. The quantitative estimate of drug-likeness (QED) is 0.397. The average molecular weight is 417 g/mol. The third-order valence-corrected chi connectivity index (χ3v) is 5.56. The van der Waals surface area contributed by atoms with Crippen molar-refractivity contribution in [2.75, 3.05) is 19.0 Å². The van der Waals surface area contributed by atoms with Crippen LogP contribution in [0.1, 0.15) is 12.8 Å². The molecule has 5 nitrogen and oxygen atoms in total. The molecule has 1 atom stereocenters. The van der Waals surface area contributed by atoms with E-state index in [1.165, 1.54) is 36.0 Å². The van der Waals surface area contributed by atoms with Gasteiger partial charge in [0.15, 0.2) is 11.0 Å². The molecular weight excluding hydrogens is 396 g/mol. The van der Waals surface area contributed by atoms with Gasteiger partial charge in [0.2, 0.25) is 0 Å². The Labute approximate surface area is 172 Å². The third-order valence-electron chi connectivity index (χ3n) is 4.63. The van der Waals surface area contributed by atoms with Crippen molar-refractivity contribution in [2.24, 2.45) is 0 Å². The van der Waals surface area contributed by atoms with Gasteiger partial charge >= 0.3 is 0 Å². The van der Waals surface area contributed by atoms with Crippen LogP contribution in [0.2, 0.25) is 0 Å². The number of hydrogen-bond donors (Lipinski definition) is 0. The van der Waals surface area contributed by atoms with Crippen LogP contribution in [0, 0.1) is 11.6 Å². The predicted octanol–water partition coefficient (Wildman–Crippen LogP) is 4.57. The second kappa shape index (κ2) is 9.37. The van der Waals surface area contributed by atoms with Gasteiger partial charge in [-0.2, -0.15) is 0 Å². The molecule has 0 saturated carbocycles. The zero-order valence-electron chi connectivity index (χ0n) is 15.8. The van der Waals surface area contributed by atoms with Gasteiger partial charge < -0.3 is 9.47 Å². The molecule has 0 amide bonds. The fourth-order valence-corrected chi connectivity index (χ4v) is 3.95. The van der Waals surface area contributed by atoms with Crippen molar-refractivity contribution in [1.29, 1.82) is 0 Å². The van der Waals surface area contributed by atoms with Gasteiger partial charge in [0.25, 0.3) is 0 Å². The molecule has 0 aliphatic carbocycles. The van der Waals surface area contributed by atoms with E-state index >= 15 is 0 Å². The van der Waals surface area contributed by atoms with Crippen LogP contribution in [0.5, 0.6) is 5.75 Å². The van der Waals surface area contributed by atoms with E-state index in [9.17, 15) is 8.78 Å². The smallest absolute Gasteiger partial charge is 0.191 e. The van der Waals surface area contributed by atoms with Crippen LogP contribution in [0.25, 0.3) is 11.4 Å². The van der Waals surface area contributed by atoms with E-state index in [1.54, 1.807) is 24.3 Å². The molecule has 0 spiro atoms. The lowest BCUT2D eigenvalue weighted by atomic mass is 10.2. The van der Waals surface area contributed by atoms with Crippen LogP contribution in [-0.2, 0) is 11.3 Å². The molecule has 0 radical (unpaired) electrons. The van der Waals surface area contributed by atoms with Crippen LogP contribution in [0.15, 0.2) is 53.7 Å². The summed E-state index contributed by atoms with van der Waals surface area (Å²) >= 11 is 1.53. The Hall–Kier alpha value is -2.45. The number of halogens is 2. The Morgan fingerprint density at radius 2 is 1.76 bits per heavy atom. The molecule has 29 heavy (non-hydrogen) atoms. The Balaban J connectivity index is 1.44. The van der Waals surface area contributed by atoms with Gasteiger partial charge in [-0.05, 0) is 61.4 Å². The molecule has 152 valence electrons. The molecule has 2 heterocycles. The number of benzene rings is 2. The molecule has 0 bridgehead atoms. The molecule has 8 heteroatoms. The van der Waals surface area contributed by atoms with Crippen LogP contribution < -0.4 is 4.74 Å². The van der Waals surface area contributed by atoms with Crippen molar-refractivity contribution < 1.29 is 18.3 Å². The SMILES string of the molecule is Fc1ccc(OCCSc2nnc(-c3ccc(F)cc3)n2CC2CCCO2)cc1. The van der Waals surface area contributed by atoms with E-state index < -0.39 is 0 Å². The fourth-order valence-electron chi connectivity index (χ4n) is 3.19. The minimum Gasteiger partial charge on any atom is -0.493 e.